The van der Waals surface area contributed by atoms with E-state index in [1.165, 1.54) is 6.07 Å². The maximum absolute atomic E-state index is 11.1. The van der Waals surface area contributed by atoms with Crippen LogP contribution >= 0.6 is 0 Å². The predicted octanol–water partition coefficient (Wildman–Crippen LogP) is 2.41. The highest BCUT2D eigenvalue weighted by atomic mass is 16.6. The average molecular weight is 301 g/mol. The van der Waals surface area contributed by atoms with E-state index in [-0.39, 0.29) is 16.7 Å². The van der Waals surface area contributed by atoms with Gasteiger partial charge >= 0.3 is 0 Å². The van der Waals surface area contributed by atoms with Crippen molar-refractivity contribution < 1.29 is 4.92 Å². The van der Waals surface area contributed by atoms with Crippen molar-refractivity contribution in [1.29, 1.82) is 0 Å². The Hall–Kier alpha value is -2.57. The van der Waals surface area contributed by atoms with Crippen molar-refractivity contribution in [2.45, 2.75) is 18.9 Å². The molecule has 1 saturated heterocycles. The van der Waals surface area contributed by atoms with E-state index in [1.807, 2.05) is 25.5 Å². The lowest BCUT2D eigenvalue weighted by Gasteiger charge is -2.34. The molecule has 0 bridgehead atoms. The zero-order chi connectivity index (χ0) is 15.5. The fourth-order valence-electron chi connectivity index (χ4n) is 2.88. The number of anilines is 2. The highest BCUT2D eigenvalue weighted by Gasteiger charge is 2.23. The molecule has 1 atom stereocenters. The predicted molar refractivity (Wildman–Crippen MR) is 85.2 cm³/mol. The first-order chi connectivity index (χ1) is 10.6. The minimum absolute atomic E-state index is 0.126. The third-order valence-corrected chi connectivity index (χ3v) is 3.94. The van der Waals surface area contributed by atoms with Crippen molar-refractivity contribution in [3.8, 4) is 0 Å². The quantitative estimate of drug-likeness (QED) is 0.693. The van der Waals surface area contributed by atoms with E-state index in [1.54, 1.807) is 16.8 Å². The minimum atomic E-state index is -0.343. The van der Waals surface area contributed by atoms with Gasteiger partial charge in [0.25, 0.3) is 5.69 Å². The van der Waals surface area contributed by atoms with Gasteiger partial charge in [-0.1, -0.05) is 12.1 Å². The summed E-state index contributed by atoms with van der Waals surface area (Å²) >= 11 is 0. The molecule has 0 amide bonds. The summed E-state index contributed by atoms with van der Waals surface area (Å²) in [5.74, 6) is 0. The molecule has 22 heavy (non-hydrogen) atoms. The fraction of sp³-hybridized carbons (Fsp3) is 0.400. The van der Waals surface area contributed by atoms with Gasteiger partial charge in [-0.15, -0.1) is 0 Å². The number of nitro groups is 1. The molecule has 0 radical (unpaired) electrons. The standard InChI is InChI=1S/C15H19N5O2/c1-18-11-13(9-16-18)19-8-4-5-12(10-19)17-14-6-2-3-7-15(14)20(21)22/h2-3,6-7,9,11-12,17H,4-5,8,10H2,1H3/t12-/m1/s1. The first-order valence-corrected chi connectivity index (χ1v) is 7.37. The Bertz CT molecular complexity index is 669. The summed E-state index contributed by atoms with van der Waals surface area (Å²) in [5.41, 5.74) is 1.81. The number of rotatable bonds is 4. The molecule has 3 rings (SSSR count). The van der Waals surface area contributed by atoms with Crippen LogP contribution in [0.25, 0.3) is 0 Å². The zero-order valence-electron chi connectivity index (χ0n) is 12.5. The second-order valence-electron chi connectivity index (χ2n) is 5.58. The maximum Gasteiger partial charge on any atom is 0.292 e. The molecule has 0 saturated carbocycles. The van der Waals surface area contributed by atoms with Crippen LogP contribution in [0.2, 0.25) is 0 Å². The average Bonchev–Trinajstić information content (AvgIpc) is 2.94. The van der Waals surface area contributed by atoms with Gasteiger partial charge in [-0.2, -0.15) is 5.10 Å². The van der Waals surface area contributed by atoms with Gasteiger partial charge in [0.2, 0.25) is 0 Å². The molecular formula is C15H19N5O2. The van der Waals surface area contributed by atoms with Gasteiger partial charge in [-0.25, -0.2) is 0 Å². The lowest BCUT2D eigenvalue weighted by Crippen LogP contribution is -2.42. The molecule has 2 aromatic rings. The molecule has 0 unspecified atom stereocenters. The highest BCUT2D eigenvalue weighted by Crippen LogP contribution is 2.27. The van der Waals surface area contributed by atoms with Crippen molar-refractivity contribution in [2.24, 2.45) is 7.05 Å². The summed E-state index contributed by atoms with van der Waals surface area (Å²) in [4.78, 5) is 13.0. The molecule has 1 aromatic carbocycles. The van der Waals surface area contributed by atoms with Gasteiger partial charge in [-0.3, -0.25) is 14.8 Å². The Balaban J connectivity index is 1.72. The van der Waals surface area contributed by atoms with Gasteiger partial charge in [0.15, 0.2) is 0 Å². The molecule has 0 aliphatic carbocycles. The van der Waals surface area contributed by atoms with Crippen molar-refractivity contribution in [3.63, 3.8) is 0 Å². The van der Waals surface area contributed by atoms with Crippen LogP contribution in [0.3, 0.4) is 0 Å². The summed E-state index contributed by atoms with van der Waals surface area (Å²) in [6.07, 6.45) is 5.90. The van der Waals surface area contributed by atoms with Crippen molar-refractivity contribution in [1.82, 2.24) is 9.78 Å². The number of nitrogens with one attached hydrogen (secondary N) is 1. The Morgan fingerprint density at radius 3 is 2.95 bits per heavy atom. The van der Waals surface area contributed by atoms with Gasteiger partial charge in [0, 0.05) is 38.4 Å². The van der Waals surface area contributed by atoms with Crippen LogP contribution in [0.15, 0.2) is 36.7 Å². The molecule has 7 heteroatoms. The monoisotopic (exact) mass is 301 g/mol. The molecule has 7 nitrogen and oxygen atoms in total. The number of para-hydroxylation sites is 2. The minimum Gasteiger partial charge on any atom is -0.375 e. The van der Waals surface area contributed by atoms with E-state index in [2.05, 4.69) is 15.3 Å². The highest BCUT2D eigenvalue weighted by molar-refractivity contribution is 5.62. The summed E-state index contributed by atoms with van der Waals surface area (Å²) in [6, 6.07) is 6.99. The molecule has 1 N–H and O–H groups in total. The molecule has 116 valence electrons. The van der Waals surface area contributed by atoms with Gasteiger partial charge in [-0.05, 0) is 18.9 Å². The van der Waals surface area contributed by atoms with Crippen LogP contribution in [-0.2, 0) is 7.05 Å². The third kappa shape index (κ3) is 3.03. The third-order valence-electron chi connectivity index (χ3n) is 3.94. The van der Waals surface area contributed by atoms with E-state index in [0.29, 0.717) is 5.69 Å². The molecule has 1 aromatic heterocycles. The molecule has 1 aliphatic heterocycles. The van der Waals surface area contributed by atoms with Crippen LogP contribution in [0.4, 0.5) is 17.1 Å². The topological polar surface area (TPSA) is 76.2 Å². The molecule has 1 fully saturated rings. The Labute approximate surface area is 128 Å². The first kappa shape index (κ1) is 14.4. The van der Waals surface area contributed by atoms with E-state index in [0.717, 1.165) is 31.6 Å². The number of hydrogen-bond acceptors (Lipinski definition) is 5. The summed E-state index contributed by atoms with van der Waals surface area (Å²) in [6.45, 7) is 1.80. The van der Waals surface area contributed by atoms with Crippen LogP contribution in [-0.4, -0.2) is 33.8 Å². The molecular weight excluding hydrogens is 282 g/mol. The number of hydrogen-bond donors (Lipinski definition) is 1. The van der Waals surface area contributed by atoms with Gasteiger partial charge < -0.3 is 10.2 Å². The summed E-state index contributed by atoms with van der Waals surface area (Å²) in [7, 11) is 1.90. The molecule has 2 heterocycles. The SMILES string of the molecule is Cn1cc(N2CCC[C@@H](Nc3ccccc3[N+](=O)[O-])C2)cn1. The van der Waals surface area contributed by atoms with Crippen molar-refractivity contribution >= 4 is 17.1 Å². The van der Waals surface area contributed by atoms with Crippen LogP contribution in [0, 0.1) is 10.1 Å². The normalized spacial score (nSPS) is 18.2. The van der Waals surface area contributed by atoms with Crippen LogP contribution in [0.1, 0.15) is 12.8 Å². The Morgan fingerprint density at radius 1 is 1.41 bits per heavy atom. The molecule has 1 aliphatic rings. The van der Waals surface area contributed by atoms with Crippen LogP contribution < -0.4 is 10.2 Å². The lowest BCUT2D eigenvalue weighted by molar-refractivity contribution is -0.384. The Morgan fingerprint density at radius 2 is 2.23 bits per heavy atom. The Kier molecular flexibility index (Phi) is 3.95. The van der Waals surface area contributed by atoms with E-state index in [9.17, 15) is 10.1 Å². The largest absolute Gasteiger partial charge is 0.375 e. The zero-order valence-corrected chi connectivity index (χ0v) is 12.5. The second-order valence-corrected chi connectivity index (χ2v) is 5.58. The lowest BCUT2D eigenvalue weighted by atomic mass is 10.0. The number of nitro benzene ring substituents is 1. The first-order valence-electron chi connectivity index (χ1n) is 7.37. The number of aromatic nitrogens is 2. The smallest absolute Gasteiger partial charge is 0.292 e. The number of nitrogens with zero attached hydrogens (tertiary/aromatic N) is 4. The number of piperidine rings is 1. The number of benzene rings is 1. The summed E-state index contributed by atoms with van der Waals surface area (Å²) in [5, 5.41) is 18.6. The van der Waals surface area contributed by atoms with Crippen molar-refractivity contribution in [2.75, 3.05) is 23.3 Å². The summed E-state index contributed by atoms with van der Waals surface area (Å²) < 4.78 is 1.79. The van der Waals surface area contributed by atoms with Crippen molar-refractivity contribution in [3.05, 3.63) is 46.8 Å². The number of aryl methyl sites for hydroxylation is 1. The van der Waals surface area contributed by atoms with Gasteiger partial charge in [0.05, 0.1) is 16.8 Å². The van der Waals surface area contributed by atoms with E-state index >= 15 is 0 Å². The van der Waals surface area contributed by atoms with Crippen LogP contribution in [0.5, 0.6) is 0 Å². The molecule has 0 spiro atoms. The fourth-order valence-corrected chi connectivity index (χ4v) is 2.88. The van der Waals surface area contributed by atoms with E-state index in [4.69, 9.17) is 0 Å². The maximum atomic E-state index is 11.1. The van der Waals surface area contributed by atoms with Gasteiger partial charge in [0.1, 0.15) is 5.69 Å². The van der Waals surface area contributed by atoms with E-state index < -0.39 is 0 Å². The second kappa shape index (κ2) is 6.05.